The second-order valence-electron chi connectivity index (χ2n) is 33.8. The van der Waals surface area contributed by atoms with Gasteiger partial charge in [-0.25, -0.2) is 9.78 Å². The number of methoxy groups -OCH3 is 1. The van der Waals surface area contributed by atoms with Crippen molar-refractivity contribution >= 4 is 120 Å². The number of primary amides is 1. The third-order valence-corrected chi connectivity index (χ3v) is 25.8. The summed E-state index contributed by atoms with van der Waals surface area (Å²) in [6.07, 6.45) is 9.77. The highest BCUT2D eigenvalue weighted by Gasteiger charge is 2.51. The van der Waals surface area contributed by atoms with Gasteiger partial charge in [-0.3, -0.25) is 52.8 Å². The molecule has 634 valence electrons. The second-order valence-corrected chi connectivity index (χ2v) is 34.6. The van der Waals surface area contributed by atoms with Gasteiger partial charge in [0.05, 0.1) is 60.7 Å². The van der Waals surface area contributed by atoms with Crippen LogP contribution in [0, 0.1) is 47.8 Å². The molecule has 1 saturated carbocycles. The topological polar surface area (TPSA) is 400 Å². The number of anilines is 3. The van der Waals surface area contributed by atoms with Gasteiger partial charge in [-0.1, -0.05) is 84.2 Å². The fourth-order valence-corrected chi connectivity index (χ4v) is 18.4. The molecule has 1 unspecified atom stereocenters. The van der Waals surface area contributed by atoms with E-state index in [1.54, 1.807) is 52.8 Å². The zero-order chi connectivity index (χ0) is 85.6. The van der Waals surface area contributed by atoms with Crippen LogP contribution in [0.5, 0.6) is 11.5 Å². The zero-order valence-corrected chi connectivity index (χ0v) is 70.3. The van der Waals surface area contributed by atoms with Crippen molar-refractivity contribution in [2.75, 3.05) is 62.9 Å². The van der Waals surface area contributed by atoms with Crippen LogP contribution in [0.15, 0.2) is 103 Å². The van der Waals surface area contributed by atoms with E-state index in [4.69, 9.17) is 34.1 Å². The lowest BCUT2D eigenvalue weighted by atomic mass is 9.60. The largest absolute Gasteiger partial charge is 0.507 e. The van der Waals surface area contributed by atoms with Gasteiger partial charge in [0.25, 0.3) is 5.91 Å². The van der Waals surface area contributed by atoms with E-state index in [0.29, 0.717) is 99.8 Å². The number of carbonyl (C=O) groups is 9. The van der Waals surface area contributed by atoms with Crippen molar-refractivity contribution in [1.29, 1.82) is 0 Å². The summed E-state index contributed by atoms with van der Waals surface area (Å²) in [6, 6.07) is 11.9. The van der Waals surface area contributed by atoms with Crippen LogP contribution in [-0.2, 0) is 59.1 Å². The Morgan fingerprint density at radius 3 is 2.19 bits per heavy atom. The number of amides is 6. The number of aliphatic hydroxyl groups is 3. The second kappa shape index (κ2) is 37.4. The maximum atomic E-state index is 15.3. The first-order valence-corrected chi connectivity index (χ1v) is 42.0. The van der Waals surface area contributed by atoms with Crippen LogP contribution in [-0.4, -0.2) is 171 Å². The number of unbranched alkanes of at least 4 members (excludes halogenated alkanes) is 3. The van der Waals surface area contributed by atoms with E-state index in [2.05, 4.69) is 34.9 Å². The molecule has 11 rings (SSSR count). The summed E-state index contributed by atoms with van der Waals surface area (Å²) in [7, 11) is 5.71. The minimum atomic E-state index is -2.06. The standard InChI is InChI=1S/C89H112N8O20S/c1-48-20-17-21-49(2)84(109)94-75-79(107)71-70(72-81(54(7)78(71)106)117-88(9,83(72)108)114-38-30-65(113-12)51(4)80(115-55(8)98)53(6)77(105)52(5)76(48)104)74-82(75)116-66-45-61(44-64(100)73(66)93-74)95-36-28-62(29-37-95)97(10,11)46-56-24-26-60(27-25-56)92-85(110)57(22-18-34-91-87(90)112)42-67(101)89(32-19-33-89)68(102)43-59(58-31-39-118-47-58)41-63(99)23-15-13-14-16-35-96-69(103)40-50(3)86(96)111/h17,20-21,24-27,30-31,38-39,44-45,47-48,50-53,57,59,62,65,76-77,80,104-105H,13-16,18-19,22-23,28-29,32-37,40-43,46H2,1-12H3,(H6-,90,91,92,93,94,100,106,107,108,109,110,112)/p+1/b20-17+,38-30+,49-21-/t48-,50?,51+,52+,53+,57+,59-,65-,76-,77+,80+,88-/m0/s1. The molecule has 0 radical (unpaired) electrons. The number of urea groups is 1. The number of imide groups is 1. The SMILES string of the molecule is CO[C@H]1/C=C/O[C@@]2(C)Oc3c(C)c(O)c4c(=O)c(c5oc6cc(N7CCC([N+](C)(C)Cc8ccc(NC(=O)[C@H](CCCNC(N)=O)CC(=O)C9(C(=O)C[C@H](CC(=O)CCCCCCN%10C(=O)CC(C)C%10=O)c%10ccsc%10)CCC9)cc8)CC7)cc(=O)c6nc5c4c3=C2O)NC(=O)/C(C)=C\C=C\[C@H](C)[C@H](O)[C@@H](C)[C@@H](O)[C@@H](C)[C@H](OC(C)=O)[C@@H]1C. The van der Waals surface area contributed by atoms with E-state index in [1.165, 1.54) is 75.5 Å². The first-order chi connectivity index (χ1) is 56.0. The summed E-state index contributed by atoms with van der Waals surface area (Å²) in [5.41, 5.74) is 4.38. The Hall–Kier alpha value is -10.2. The number of aromatic hydroxyl groups is 1. The highest BCUT2D eigenvalue weighted by molar-refractivity contribution is 7.08. The van der Waals surface area contributed by atoms with Gasteiger partial charge >= 0.3 is 17.8 Å². The summed E-state index contributed by atoms with van der Waals surface area (Å²) in [5.74, 6) is -10.3. The van der Waals surface area contributed by atoms with Gasteiger partial charge in [0.2, 0.25) is 28.6 Å². The molecule has 3 fully saturated rings. The molecule has 5 aliphatic rings. The number of ketones is 3. The maximum absolute atomic E-state index is 15.3. The first kappa shape index (κ1) is 88.6. The fourth-order valence-electron chi connectivity index (χ4n) is 17.6. The molecule has 28 nitrogen and oxygen atoms in total. The third kappa shape index (κ3) is 19.2. The molecule has 4 bridgehead atoms. The number of likely N-dealkylation sites (tertiary alicyclic amines) is 1. The smallest absolute Gasteiger partial charge is 0.312 e. The van der Waals surface area contributed by atoms with Gasteiger partial charge < -0.3 is 74.9 Å². The zero-order valence-electron chi connectivity index (χ0n) is 69.5. The quantitative estimate of drug-likeness (QED) is 0.00430. The van der Waals surface area contributed by atoms with E-state index in [1.807, 2.05) is 41.1 Å². The summed E-state index contributed by atoms with van der Waals surface area (Å²) in [5, 5.41) is 59.4. The van der Waals surface area contributed by atoms with Crippen molar-refractivity contribution < 1.29 is 91.4 Å². The first-order valence-electron chi connectivity index (χ1n) is 41.1. The average molecular weight is 1650 g/mol. The number of piperidine rings is 1. The number of aromatic nitrogens is 1. The lowest BCUT2D eigenvalue weighted by Gasteiger charge is -2.43. The molecule has 6 heterocycles. The van der Waals surface area contributed by atoms with Gasteiger partial charge in [0.15, 0.2) is 22.4 Å². The Kier molecular flexibility index (Phi) is 28.1. The average Bonchev–Trinajstić information content (AvgIpc) is 1.43. The van der Waals surface area contributed by atoms with E-state index in [9.17, 15) is 68.4 Å². The van der Waals surface area contributed by atoms with Crippen LogP contribution in [0.2, 0.25) is 0 Å². The minimum absolute atomic E-state index is 0.00609. The molecule has 118 heavy (non-hydrogen) atoms. The lowest BCUT2D eigenvalue weighted by Crippen LogP contribution is -2.53. The van der Waals surface area contributed by atoms with Crippen molar-refractivity contribution in [1.82, 2.24) is 15.2 Å². The number of aliphatic hydroxyl groups excluding tert-OH is 3. The molecular weight excluding hydrogens is 1530 g/mol. The van der Waals surface area contributed by atoms with Crippen LogP contribution in [0.25, 0.3) is 38.7 Å². The van der Waals surface area contributed by atoms with Crippen LogP contribution < -0.4 is 47.4 Å². The van der Waals surface area contributed by atoms with E-state index >= 15 is 4.79 Å². The monoisotopic (exact) mass is 1650 g/mol. The number of phenolic OH excluding ortho intramolecular Hbond substituents is 1. The predicted octanol–water partition coefficient (Wildman–Crippen LogP) is 11.0. The molecule has 6 amide bonds. The van der Waals surface area contributed by atoms with Crippen molar-refractivity contribution in [3.05, 3.63) is 132 Å². The predicted molar refractivity (Wildman–Crippen MR) is 447 cm³/mol. The van der Waals surface area contributed by atoms with Crippen LogP contribution in [0.3, 0.4) is 0 Å². The number of nitrogens with zero attached hydrogens (tertiary/aromatic N) is 4. The van der Waals surface area contributed by atoms with Gasteiger partial charge in [0.1, 0.15) is 52.7 Å². The molecule has 0 spiro atoms. The Labute approximate surface area is 689 Å². The molecule has 9 N–H and O–H groups in total. The number of benzene rings is 4. The minimum Gasteiger partial charge on any atom is -0.507 e. The number of phenols is 1. The van der Waals surface area contributed by atoms with Gasteiger partial charge in [-0.2, -0.15) is 11.3 Å². The number of carbonyl (C=O) groups excluding carboxylic acids is 9. The molecule has 2 saturated heterocycles. The van der Waals surface area contributed by atoms with Crippen molar-refractivity contribution in [2.24, 2.45) is 46.7 Å². The summed E-state index contributed by atoms with van der Waals surface area (Å²) in [4.78, 5) is 159. The van der Waals surface area contributed by atoms with E-state index < -0.39 is 123 Å². The molecule has 4 aromatic carbocycles. The molecule has 1 aliphatic carbocycles. The van der Waals surface area contributed by atoms with Gasteiger partial charge in [0, 0.05) is 173 Å². The highest BCUT2D eigenvalue weighted by Crippen LogP contribution is 2.48. The van der Waals surface area contributed by atoms with Crippen molar-refractivity contribution in [2.45, 2.75) is 214 Å². The third-order valence-electron chi connectivity index (χ3n) is 25.1. The lowest BCUT2D eigenvalue weighted by molar-refractivity contribution is -0.928. The van der Waals surface area contributed by atoms with Crippen molar-refractivity contribution in [3.8, 4) is 11.5 Å². The van der Waals surface area contributed by atoms with E-state index in [0.717, 1.165) is 24.0 Å². The maximum Gasteiger partial charge on any atom is 0.312 e. The number of esters is 1. The number of rotatable bonds is 28. The normalized spacial score (nSPS) is 24.8. The number of allylic oxidation sites excluding steroid dienone is 2. The number of ether oxygens (including phenoxy) is 4. The number of quaternary nitrogens is 1. The number of nitrogens with two attached hydrogens (primary N) is 1. The van der Waals surface area contributed by atoms with E-state index in [-0.39, 0.29) is 135 Å². The highest BCUT2D eigenvalue weighted by atomic mass is 32.1. The number of nitrogens with one attached hydrogen (secondary N) is 3. The molecular formula is C89H113N8O20S+. The Balaban J connectivity index is 0.786. The number of Topliss-reactive ketones (excluding diaryl/α,β-unsaturated/α-hetero) is 3. The molecule has 2 aromatic heterocycles. The van der Waals surface area contributed by atoms with Crippen molar-refractivity contribution in [3.63, 3.8) is 0 Å². The number of hydrogen-bond donors (Lipinski definition) is 8. The molecule has 4 aliphatic heterocycles. The summed E-state index contributed by atoms with van der Waals surface area (Å²) >= 11 is 1.46. The Morgan fingerprint density at radius 1 is 0.847 bits per heavy atom. The van der Waals surface area contributed by atoms with Gasteiger partial charge in [-0.05, 0) is 98.9 Å². The number of thiophene rings is 1. The summed E-state index contributed by atoms with van der Waals surface area (Å²) in [6.45, 7) is 16.4. The van der Waals surface area contributed by atoms with Crippen LogP contribution in [0.1, 0.15) is 181 Å². The Morgan fingerprint density at radius 2 is 1.55 bits per heavy atom. The fraction of sp³-hybridized carbons (Fsp3) is 0.528. The number of fused-ring (bicyclic) bond motifs is 2. The van der Waals surface area contributed by atoms with Gasteiger partial charge in [-0.15, -0.1) is 0 Å². The number of hydrogen-bond acceptors (Lipinski definition) is 23. The Bertz CT molecular complexity index is 5100. The molecule has 29 heteroatoms. The summed E-state index contributed by atoms with van der Waals surface area (Å²) < 4.78 is 31.5. The molecule has 6 aromatic rings. The van der Waals surface area contributed by atoms with Crippen LogP contribution >= 0.6 is 11.3 Å². The molecule has 12 atom stereocenters. The van der Waals surface area contributed by atoms with Crippen LogP contribution in [0.4, 0.5) is 21.9 Å².